The van der Waals surface area contributed by atoms with Gasteiger partial charge in [0.1, 0.15) is 11.9 Å². The summed E-state index contributed by atoms with van der Waals surface area (Å²) >= 11 is 0. The van der Waals surface area contributed by atoms with Crippen molar-refractivity contribution >= 4 is 27.5 Å². The molecule has 0 spiro atoms. The highest BCUT2D eigenvalue weighted by atomic mass is 32.2. The Balaban J connectivity index is 1.72. The number of fused-ring (bicyclic) bond motifs is 1. The summed E-state index contributed by atoms with van der Waals surface area (Å²) in [6, 6.07) is 10.1. The van der Waals surface area contributed by atoms with Crippen molar-refractivity contribution in [2.45, 2.75) is 52.1 Å². The first kappa shape index (κ1) is 28.2. The lowest BCUT2D eigenvalue weighted by molar-refractivity contribution is -0.140. The second kappa shape index (κ2) is 12.8. The summed E-state index contributed by atoms with van der Waals surface area (Å²) in [7, 11) is -3.65. The van der Waals surface area contributed by atoms with E-state index in [1.807, 2.05) is 6.92 Å². The number of ether oxygens (including phenoxy) is 2. The summed E-state index contributed by atoms with van der Waals surface area (Å²) in [6.07, 6.45) is 2.97. The van der Waals surface area contributed by atoms with E-state index >= 15 is 0 Å². The Hall–Kier alpha value is -3.34. The highest BCUT2D eigenvalue weighted by Crippen LogP contribution is 2.36. The van der Waals surface area contributed by atoms with Gasteiger partial charge in [-0.2, -0.15) is 0 Å². The minimum Gasteiger partial charge on any atom is -0.454 e. The Bertz CT molecular complexity index is 1210. The second-order valence-corrected chi connectivity index (χ2v) is 10.8. The molecule has 1 N–H and O–H groups in total. The number of rotatable bonds is 13. The molecule has 2 aromatic carbocycles. The van der Waals surface area contributed by atoms with Crippen molar-refractivity contribution in [3.63, 3.8) is 0 Å². The number of nitrogens with one attached hydrogen (secondary N) is 1. The number of anilines is 1. The summed E-state index contributed by atoms with van der Waals surface area (Å²) in [4.78, 5) is 27.3. The Morgan fingerprint density at radius 2 is 1.84 bits per heavy atom. The first-order valence-corrected chi connectivity index (χ1v) is 14.1. The Labute approximate surface area is 217 Å². The topological polar surface area (TPSA) is 105 Å². The number of amides is 2. The Morgan fingerprint density at radius 3 is 2.54 bits per heavy atom. The largest absolute Gasteiger partial charge is 0.454 e. The Morgan fingerprint density at radius 1 is 1.11 bits per heavy atom. The van der Waals surface area contributed by atoms with Gasteiger partial charge in [0.25, 0.3) is 0 Å². The fourth-order valence-electron chi connectivity index (χ4n) is 3.97. The minimum atomic E-state index is -3.65. The highest BCUT2D eigenvalue weighted by Gasteiger charge is 2.27. The van der Waals surface area contributed by atoms with Crippen molar-refractivity contribution in [1.29, 1.82) is 0 Å². The number of nitrogens with zero attached hydrogens (tertiary/aromatic N) is 2. The minimum absolute atomic E-state index is 0.0302. The second-order valence-electron chi connectivity index (χ2n) is 8.91. The third-order valence-corrected chi connectivity index (χ3v) is 7.29. The molecule has 37 heavy (non-hydrogen) atoms. The molecule has 0 saturated heterocycles. The van der Waals surface area contributed by atoms with E-state index in [4.69, 9.17) is 9.47 Å². The molecule has 1 aliphatic rings. The molecule has 2 amide bonds. The summed E-state index contributed by atoms with van der Waals surface area (Å²) in [5.41, 5.74) is 0.688. The number of benzene rings is 2. The van der Waals surface area contributed by atoms with Crippen LogP contribution in [0.25, 0.3) is 0 Å². The van der Waals surface area contributed by atoms with Crippen LogP contribution in [0.5, 0.6) is 11.5 Å². The van der Waals surface area contributed by atoms with Crippen LogP contribution in [0.3, 0.4) is 0 Å². The molecule has 3 rings (SSSR count). The molecular weight excluding hydrogens is 501 g/mol. The molecule has 11 heteroatoms. The molecule has 0 unspecified atom stereocenters. The smallest absolute Gasteiger partial charge is 0.242 e. The van der Waals surface area contributed by atoms with Gasteiger partial charge >= 0.3 is 0 Å². The molecule has 202 valence electrons. The lowest BCUT2D eigenvalue weighted by Crippen LogP contribution is -2.48. The standard InChI is InChI=1S/C26H34FN3O6S/c1-4-5-14-28-26(32)19(2)29(17-20-9-6-7-10-22(20)27)25(31)11-8-15-30(37(3,33)34)21-12-13-23-24(16-21)36-18-35-23/h6-7,9-10,12-13,16,19H,4-5,8,11,14-15,17-18H2,1-3H3,(H,28,32)/t19-/m1/s1. The van der Waals surface area contributed by atoms with E-state index < -0.39 is 21.9 Å². The number of unbranched alkanes of at least 4 members (excludes halogenated alkanes) is 1. The summed E-state index contributed by atoms with van der Waals surface area (Å²) < 4.78 is 51.2. The number of hydrogen-bond acceptors (Lipinski definition) is 6. The normalized spacial score (nSPS) is 13.2. The van der Waals surface area contributed by atoms with Gasteiger partial charge in [-0.3, -0.25) is 13.9 Å². The van der Waals surface area contributed by atoms with Crippen LogP contribution in [0.1, 0.15) is 45.1 Å². The van der Waals surface area contributed by atoms with E-state index in [2.05, 4.69) is 5.32 Å². The lowest BCUT2D eigenvalue weighted by atomic mass is 10.1. The SMILES string of the molecule is CCCCNC(=O)[C@@H](C)N(Cc1ccccc1F)C(=O)CCCN(c1ccc2c(c1)OCO2)S(C)(=O)=O. The molecule has 0 radical (unpaired) electrons. The van der Waals surface area contributed by atoms with E-state index in [0.29, 0.717) is 29.3 Å². The third-order valence-electron chi connectivity index (χ3n) is 6.09. The van der Waals surface area contributed by atoms with Crippen LogP contribution < -0.4 is 19.1 Å². The molecule has 0 aliphatic carbocycles. The van der Waals surface area contributed by atoms with Crippen LogP contribution in [-0.2, 0) is 26.2 Å². The van der Waals surface area contributed by atoms with Gasteiger partial charge in [-0.05, 0) is 38.0 Å². The molecule has 1 atom stereocenters. The van der Waals surface area contributed by atoms with E-state index in [9.17, 15) is 22.4 Å². The zero-order valence-electron chi connectivity index (χ0n) is 21.4. The van der Waals surface area contributed by atoms with E-state index in [0.717, 1.165) is 19.1 Å². The van der Waals surface area contributed by atoms with Gasteiger partial charge in [0, 0.05) is 37.7 Å². The predicted octanol–water partition coefficient (Wildman–Crippen LogP) is 3.43. The van der Waals surface area contributed by atoms with Crippen molar-refractivity contribution in [2.75, 3.05) is 30.4 Å². The van der Waals surface area contributed by atoms with Crippen LogP contribution >= 0.6 is 0 Å². The van der Waals surface area contributed by atoms with Gasteiger partial charge < -0.3 is 19.7 Å². The third kappa shape index (κ3) is 7.58. The van der Waals surface area contributed by atoms with Crippen LogP contribution in [0.2, 0.25) is 0 Å². The fourth-order valence-corrected chi connectivity index (χ4v) is 4.93. The van der Waals surface area contributed by atoms with Crippen LogP contribution in [0.4, 0.5) is 10.1 Å². The maximum Gasteiger partial charge on any atom is 0.242 e. The first-order chi connectivity index (χ1) is 17.6. The average molecular weight is 536 g/mol. The zero-order chi connectivity index (χ0) is 27.0. The highest BCUT2D eigenvalue weighted by molar-refractivity contribution is 7.92. The number of sulfonamides is 1. The van der Waals surface area contributed by atoms with E-state index in [1.165, 1.54) is 15.3 Å². The van der Waals surface area contributed by atoms with Gasteiger partial charge in [0.15, 0.2) is 11.5 Å². The van der Waals surface area contributed by atoms with Gasteiger partial charge in [-0.25, -0.2) is 12.8 Å². The number of hydrogen-bond donors (Lipinski definition) is 1. The van der Waals surface area contributed by atoms with Crippen LogP contribution in [-0.4, -0.2) is 57.3 Å². The molecule has 0 saturated carbocycles. The monoisotopic (exact) mass is 535 g/mol. The van der Waals surface area contributed by atoms with Crippen molar-refractivity contribution in [3.8, 4) is 11.5 Å². The molecule has 1 heterocycles. The van der Waals surface area contributed by atoms with Gasteiger partial charge in [-0.15, -0.1) is 0 Å². The summed E-state index contributed by atoms with van der Waals surface area (Å²) in [6.45, 7) is 4.12. The van der Waals surface area contributed by atoms with E-state index in [1.54, 1.807) is 43.3 Å². The molecule has 1 aliphatic heterocycles. The Kier molecular flexibility index (Phi) is 9.73. The van der Waals surface area contributed by atoms with Crippen molar-refractivity contribution in [1.82, 2.24) is 10.2 Å². The zero-order valence-corrected chi connectivity index (χ0v) is 22.2. The van der Waals surface area contributed by atoms with Crippen LogP contribution in [0, 0.1) is 5.82 Å². The predicted molar refractivity (Wildman–Crippen MR) is 138 cm³/mol. The first-order valence-electron chi connectivity index (χ1n) is 12.3. The van der Waals surface area contributed by atoms with Crippen molar-refractivity contribution in [3.05, 3.63) is 53.8 Å². The van der Waals surface area contributed by atoms with Crippen LogP contribution in [0.15, 0.2) is 42.5 Å². The summed E-state index contributed by atoms with van der Waals surface area (Å²) in [5, 5.41) is 2.82. The number of halogens is 1. The molecule has 0 bridgehead atoms. The molecule has 9 nitrogen and oxygen atoms in total. The molecule has 2 aromatic rings. The quantitative estimate of drug-likeness (QED) is 0.394. The summed E-state index contributed by atoms with van der Waals surface area (Å²) in [5.74, 6) is -0.190. The molecule has 0 aromatic heterocycles. The number of carbonyl (C=O) groups excluding carboxylic acids is 2. The van der Waals surface area contributed by atoms with Crippen molar-refractivity contribution < 1.29 is 31.9 Å². The lowest BCUT2D eigenvalue weighted by Gasteiger charge is -2.29. The van der Waals surface area contributed by atoms with Gasteiger partial charge in [-0.1, -0.05) is 31.5 Å². The fraction of sp³-hybridized carbons (Fsp3) is 0.462. The average Bonchev–Trinajstić information content (AvgIpc) is 3.33. The maximum atomic E-state index is 14.4. The van der Waals surface area contributed by atoms with E-state index in [-0.39, 0.29) is 44.5 Å². The number of carbonyl (C=O) groups is 2. The van der Waals surface area contributed by atoms with Gasteiger partial charge in [0.05, 0.1) is 11.9 Å². The molecular formula is C26H34FN3O6S. The van der Waals surface area contributed by atoms with Crippen molar-refractivity contribution in [2.24, 2.45) is 0 Å². The van der Waals surface area contributed by atoms with Gasteiger partial charge in [0.2, 0.25) is 28.6 Å². The maximum absolute atomic E-state index is 14.4. The molecule has 0 fully saturated rings.